The Morgan fingerprint density at radius 1 is 1.00 bits per heavy atom. The fraction of sp³-hybridized carbons (Fsp3) is 0.458. The molecule has 0 aromatic heterocycles. The summed E-state index contributed by atoms with van der Waals surface area (Å²) in [6.07, 6.45) is 0.492. The lowest BCUT2D eigenvalue weighted by Crippen LogP contribution is -2.41. The second-order valence-electron chi connectivity index (χ2n) is 8.01. The molecule has 8 nitrogen and oxygen atoms in total. The van der Waals surface area contributed by atoms with Crippen molar-refractivity contribution in [1.82, 2.24) is 15.8 Å². The van der Waals surface area contributed by atoms with E-state index in [0.717, 1.165) is 11.1 Å². The Morgan fingerprint density at radius 3 is 2.44 bits per heavy atom. The van der Waals surface area contributed by atoms with Gasteiger partial charge in [0.1, 0.15) is 11.8 Å². The van der Waals surface area contributed by atoms with Crippen LogP contribution in [0, 0.1) is 5.92 Å². The molecule has 2 heterocycles. The Bertz CT molecular complexity index is 953. The number of hydrazine groups is 1. The monoisotopic (exact) mass is 441 g/mol. The first kappa shape index (κ1) is 22.4. The number of nitrogens with one attached hydrogen (secondary N) is 2. The molecule has 4 unspecified atom stereocenters. The lowest BCUT2D eigenvalue weighted by Gasteiger charge is -2.31. The highest BCUT2D eigenvalue weighted by molar-refractivity contribution is 5.86. The molecule has 1 amide bonds. The number of fused-ring (bicyclic) bond motifs is 1. The van der Waals surface area contributed by atoms with Gasteiger partial charge >= 0.3 is 0 Å². The molecular weight excluding hydrogens is 410 g/mol. The summed E-state index contributed by atoms with van der Waals surface area (Å²) in [5, 5.41) is 19.9. The van der Waals surface area contributed by atoms with Crippen LogP contribution in [0.1, 0.15) is 43.5 Å². The minimum atomic E-state index is -0.439. The van der Waals surface area contributed by atoms with Gasteiger partial charge in [0.2, 0.25) is 5.91 Å². The van der Waals surface area contributed by atoms with E-state index >= 15 is 0 Å². The quantitative estimate of drug-likeness (QED) is 0.473. The normalized spacial score (nSPS) is 24.6. The van der Waals surface area contributed by atoms with Gasteiger partial charge in [-0.15, -0.1) is 0 Å². The van der Waals surface area contributed by atoms with Crippen molar-refractivity contribution in [2.45, 2.75) is 38.4 Å². The molecule has 2 aliphatic rings. The van der Waals surface area contributed by atoms with Crippen molar-refractivity contribution >= 4 is 5.91 Å². The van der Waals surface area contributed by atoms with Crippen molar-refractivity contribution < 1.29 is 24.5 Å². The topological polar surface area (TPSA) is 103 Å². The Balaban J connectivity index is 1.77. The lowest BCUT2D eigenvalue weighted by atomic mass is 9.83. The van der Waals surface area contributed by atoms with Crippen molar-refractivity contribution in [1.29, 1.82) is 0 Å². The second kappa shape index (κ2) is 9.77. The number of likely N-dealkylation sites (tertiary alicyclic amines) is 1. The molecule has 2 saturated heterocycles. The number of para-hydroxylation sites is 1. The van der Waals surface area contributed by atoms with E-state index in [1.54, 1.807) is 12.1 Å². The number of amides is 1. The summed E-state index contributed by atoms with van der Waals surface area (Å²) in [5.41, 5.74) is 8.06. The molecule has 0 saturated carbocycles. The largest absolute Gasteiger partial charge is 0.508 e. The summed E-state index contributed by atoms with van der Waals surface area (Å²) in [5.74, 6) is 1.31. The number of carbonyl (C=O) groups is 1. The summed E-state index contributed by atoms with van der Waals surface area (Å²) >= 11 is 0. The first-order chi connectivity index (χ1) is 15.6. The van der Waals surface area contributed by atoms with Crippen LogP contribution in [-0.2, 0) is 4.79 Å². The maximum absolute atomic E-state index is 13.3. The Kier molecular flexibility index (Phi) is 6.83. The predicted molar refractivity (Wildman–Crippen MR) is 119 cm³/mol. The molecule has 2 aliphatic heterocycles. The SMILES string of the molecule is CCOc1ccc(C2C3C(NNC3c3ccccc3O)C(=O)N2CCCO)cc1OCC. The first-order valence-corrected chi connectivity index (χ1v) is 11.2. The highest BCUT2D eigenvalue weighted by Gasteiger charge is 2.55. The Labute approximate surface area is 188 Å². The van der Waals surface area contributed by atoms with Crippen LogP contribution in [0.2, 0.25) is 0 Å². The fourth-order valence-corrected chi connectivity index (χ4v) is 4.86. The summed E-state index contributed by atoms with van der Waals surface area (Å²) in [7, 11) is 0. The van der Waals surface area contributed by atoms with E-state index < -0.39 is 6.04 Å². The van der Waals surface area contributed by atoms with Gasteiger partial charge < -0.3 is 24.6 Å². The van der Waals surface area contributed by atoms with Gasteiger partial charge in [-0.3, -0.25) is 4.79 Å². The molecule has 2 aromatic carbocycles. The second-order valence-corrected chi connectivity index (χ2v) is 8.01. The van der Waals surface area contributed by atoms with Crippen LogP contribution >= 0.6 is 0 Å². The van der Waals surface area contributed by atoms with Gasteiger partial charge in [0.15, 0.2) is 11.5 Å². The maximum Gasteiger partial charge on any atom is 0.242 e. The maximum atomic E-state index is 13.3. The summed E-state index contributed by atoms with van der Waals surface area (Å²) in [6.45, 7) is 5.32. The number of aliphatic hydroxyl groups excluding tert-OH is 1. The van der Waals surface area contributed by atoms with E-state index in [1.165, 1.54) is 0 Å². The average molecular weight is 442 g/mol. The van der Waals surface area contributed by atoms with Gasteiger partial charge in [0.05, 0.1) is 25.3 Å². The molecule has 2 fully saturated rings. The van der Waals surface area contributed by atoms with E-state index in [2.05, 4.69) is 10.9 Å². The Morgan fingerprint density at radius 2 is 1.72 bits per heavy atom. The first-order valence-electron chi connectivity index (χ1n) is 11.2. The molecule has 0 bridgehead atoms. The highest BCUT2D eigenvalue weighted by Crippen LogP contribution is 2.49. The number of nitrogens with zero attached hydrogens (tertiary/aromatic N) is 1. The summed E-state index contributed by atoms with van der Waals surface area (Å²) < 4.78 is 11.6. The minimum absolute atomic E-state index is 0.00782. The lowest BCUT2D eigenvalue weighted by molar-refractivity contribution is -0.130. The minimum Gasteiger partial charge on any atom is -0.508 e. The summed E-state index contributed by atoms with van der Waals surface area (Å²) in [4.78, 5) is 15.2. The van der Waals surface area contributed by atoms with Crippen LogP contribution in [0.4, 0.5) is 0 Å². The smallest absolute Gasteiger partial charge is 0.242 e. The van der Waals surface area contributed by atoms with Crippen molar-refractivity contribution in [2.75, 3.05) is 26.4 Å². The zero-order valence-corrected chi connectivity index (χ0v) is 18.5. The molecule has 4 N–H and O–H groups in total. The van der Waals surface area contributed by atoms with E-state index in [9.17, 15) is 15.0 Å². The van der Waals surface area contributed by atoms with Gasteiger partial charge in [-0.2, -0.15) is 0 Å². The van der Waals surface area contributed by atoms with E-state index in [0.29, 0.717) is 37.7 Å². The number of ether oxygens (including phenoxy) is 2. The molecule has 32 heavy (non-hydrogen) atoms. The summed E-state index contributed by atoms with van der Waals surface area (Å²) in [6, 6.07) is 12.0. The van der Waals surface area contributed by atoms with Crippen LogP contribution < -0.4 is 20.3 Å². The molecule has 0 radical (unpaired) electrons. The van der Waals surface area contributed by atoms with E-state index in [4.69, 9.17) is 9.47 Å². The zero-order valence-electron chi connectivity index (χ0n) is 18.5. The molecule has 4 atom stereocenters. The Hall–Kier alpha value is -2.81. The molecule has 4 rings (SSSR count). The predicted octanol–water partition coefficient (Wildman–Crippen LogP) is 2.29. The van der Waals surface area contributed by atoms with E-state index in [-0.39, 0.29) is 36.3 Å². The number of hydrogen-bond donors (Lipinski definition) is 4. The van der Waals surface area contributed by atoms with E-state index in [1.807, 2.05) is 49.1 Å². The molecule has 8 heteroatoms. The van der Waals surface area contributed by atoms with Crippen LogP contribution in [0.15, 0.2) is 42.5 Å². The number of aliphatic hydroxyl groups is 1. The van der Waals surface area contributed by atoms with Crippen LogP contribution in [0.5, 0.6) is 17.2 Å². The number of phenols is 1. The molecule has 2 aromatic rings. The number of rotatable bonds is 9. The molecule has 0 spiro atoms. The van der Waals surface area contributed by atoms with Crippen LogP contribution in [0.25, 0.3) is 0 Å². The third kappa shape index (κ3) is 4.01. The van der Waals surface area contributed by atoms with Gasteiger partial charge in [-0.25, -0.2) is 10.9 Å². The zero-order chi connectivity index (χ0) is 22.7. The highest BCUT2D eigenvalue weighted by atomic mass is 16.5. The van der Waals surface area contributed by atoms with Crippen molar-refractivity contribution in [3.05, 3.63) is 53.6 Å². The molecular formula is C24H31N3O5. The number of carbonyl (C=O) groups excluding carboxylic acids is 1. The van der Waals surface area contributed by atoms with Crippen LogP contribution in [-0.4, -0.2) is 53.4 Å². The average Bonchev–Trinajstić information content (AvgIpc) is 3.33. The number of phenolic OH excluding ortho intramolecular Hbond substituents is 1. The third-order valence-corrected chi connectivity index (χ3v) is 6.15. The standard InChI is InChI=1S/C24H31N3O5/c1-3-31-18-11-10-15(14-19(18)32-4-2)23-20-21(16-8-5-6-9-17(16)29)25-26-22(20)24(30)27(23)12-7-13-28/h5-6,8-11,14,20-23,25-26,28-29H,3-4,7,12-13H2,1-2H3. The fourth-order valence-electron chi connectivity index (χ4n) is 4.86. The number of benzene rings is 2. The molecule has 172 valence electrons. The third-order valence-electron chi connectivity index (χ3n) is 6.15. The molecule has 0 aliphatic carbocycles. The van der Waals surface area contributed by atoms with Gasteiger partial charge in [-0.05, 0) is 44.0 Å². The number of hydrogen-bond acceptors (Lipinski definition) is 7. The van der Waals surface area contributed by atoms with Gasteiger partial charge in [0, 0.05) is 24.6 Å². The van der Waals surface area contributed by atoms with Crippen molar-refractivity contribution in [2.24, 2.45) is 5.92 Å². The van der Waals surface area contributed by atoms with Gasteiger partial charge in [-0.1, -0.05) is 24.3 Å². The van der Waals surface area contributed by atoms with Gasteiger partial charge in [0.25, 0.3) is 0 Å². The van der Waals surface area contributed by atoms with Crippen molar-refractivity contribution in [3.63, 3.8) is 0 Å². The number of aromatic hydroxyl groups is 1. The van der Waals surface area contributed by atoms with Crippen molar-refractivity contribution in [3.8, 4) is 17.2 Å². The van der Waals surface area contributed by atoms with Crippen LogP contribution in [0.3, 0.4) is 0 Å².